The molecule has 0 aromatic carbocycles. The molecule has 58 valence electrons. The molecule has 1 unspecified atom stereocenters. The van der Waals surface area contributed by atoms with E-state index in [9.17, 15) is 4.79 Å². The molecule has 1 saturated heterocycles. The molecule has 4 nitrogen and oxygen atoms in total. The van der Waals surface area contributed by atoms with Crippen molar-refractivity contribution in [2.24, 2.45) is 0 Å². The lowest BCUT2D eigenvalue weighted by Gasteiger charge is -2.21. The van der Waals surface area contributed by atoms with Gasteiger partial charge in [-0.25, -0.2) is 4.79 Å². The molecule has 1 aliphatic heterocycles. The highest BCUT2D eigenvalue weighted by molar-refractivity contribution is 7.99. The Morgan fingerprint density at radius 3 is 3.10 bits per heavy atom. The summed E-state index contributed by atoms with van der Waals surface area (Å²) in [5, 5.41) is 11.1. The van der Waals surface area contributed by atoms with Gasteiger partial charge in [0.1, 0.15) is 0 Å². The Bertz CT molecular complexity index is 124. The smallest absolute Gasteiger partial charge is 0.450 e. The zero-order valence-electron chi connectivity index (χ0n) is 5.37. The van der Waals surface area contributed by atoms with Gasteiger partial charge in [0.15, 0.2) is 6.23 Å². The van der Waals surface area contributed by atoms with E-state index >= 15 is 0 Å². The Morgan fingerprint density at radius 1 is 1.80 bits per heavy atom. The minimum atomic E-state index is -1.21. The second-order valence-electron chi connectivity index (χ2n) is 1.90. The second kappa shape index (κ2) is 3.68. The van der Waals surface area contributed by atoms with Crippen molar-refractivity contribution in [1.82, 2.24) is 5.32 Å². The van der Waals surface area contributed by atoms with E-state index in [1.54, 1.807) is 11.8 Å². The molecule has 0 amide bonds. The maximum Gasteiger partial charge on any atom is 0.507 e. The summed E-state index contributed by atoms with van der Waals surface area (Å²) in [5.74, 6) is 1.74. The predicted octanol–water partition coefficient (Wildman–Crippen LogP) is 0.343. The van der Waals surface area contributed by atoms with Crippen molar-refractivity contribution in [3.63, 3.8) is 0 Å². The lowest BCUT2D eigenvalue weighted by molar-refractivity contribution is 0.0471. The van der Waals surface area contributed by atoms with Gasteiger partial charge < -0.3 is 9.84 Å². The standard InChI is InChI=1S/C5H9NO3S/c7-5(8)9-4-3-10-2-1-6-4/h4,6H,1-3H2,(H,7,8). The zero-order chi connectivity index (χ0) is 7.40. The quantitative estimate of drug-likeness (QED) is 0.546. The number of hydrogen-bond donors (Lipinski definition) is 2. The summed E-state index contributed by atoms with van der Waals surface area (Å²) in [6.07, 6.45) is -1.52. The van der Waals surface area contributed by atoms with Crippen molar-refractivity contribution >= 4 is 17.9 Å². The first-order chi connectivity index (χ1) is 4.79. The monoisotopic (exact) mass is 163 g/mol. The molecule has 1 heterocycles. The van der Waals surface area contributed by atoms with Crippen LogP contribution in [0.4, 0.5) is 4.79 Å². The largest absolute Gasteiger partial charge is 0.507 e. The summed E-state index contributed by atoms with van der Waals surface area (Å²) >= 11 is 1.69. The summed E-state index contributed by atoms with van der Waals surface area (Å²) in [4.78, 5) is 10.00. The Balaban J connectivity index is 2.19. The van der Waals surface area contributed by atoms with E-state index in [1.807, 2.05) is 0 Å². The van der Waals surface area contributed by atoms with Crippen molar-refractivity contribution < 1.29 is 14.6 Å². The van der Waals surface area contributed by atoms with E-state index in [4.69, 9.17) is 5.11 Å². The topological polar surface area (TPSA) is 58.6 Å². The van der Waals surface area contributed by atoms with E-state index < -0.39 is 6.16 Å². The summed E-state index contributed by atoms with van der Waals surface area (Å²) in [6, 6.07) is 0. The summed E-state index contributed by atoms with van der Waals surface area (Å²) in [6.45, 7) is 0.822. The third-order valence-electron chi connectivity index (χ3n) is 1.13. The number of nitrogens with one attached hydrogen (secondary N) is 1. The van der Waals surface area contributed by atoms with Gasteiger partial charge in [0, 0.05) is 18.1 Å². The number of ether oxygens (including phenoxy) is 1. The van der Waals surface area contributed by atoms with Crippen molar-refractivity contribution in [3.8, 4) is 0 Å². The van der Waals surface area contributed by atoms with Crippen LogP contribution < -0.4 is 5.32 Å². The van der Waals surface area contributed by atoms with Crippen LogP contribution in [0.3, 0.4) is 0 Å². The van der Waals surface area contributed by atoms with Gasteiger partial charge in [-0.1, -0.05) is 0 Å². The zero-order valence-corrected chi connectivity index (χ0v) is 6.19. The molecule has 1 fully saturated rings. The van der Waals surface area contributed by atoms with Crippen LogP contribution in [0, 0.1) is 0 Å². The minimum Gasteiger partial charge on any atom is -0.450 e. The molecule has 0 aliphatic carbocycles. The van der Waals surface area contributed by atoms with Crippen molar-refractivity contribution in [2.75, 3.05) is 18.1 Å². The fraction of sp³-hybridized carbons (Fsp3) is 0.800. The van der Waals surface area contributed by atoms with Gasteiger partial charge >= 0.3 is 6.16 Å². The molecule has 1 aliphatic rings. The summed E-state index contributed by atoms with van der Waals surface area (Å²) < 4.78 is 4.48. The average Bonchev–Trinajstić information content (AvgIpc) is 1.88. The first kappa shape index (κ1) is 7.68. The van der Waals surface area contributed by atoms with Crippen LogP contribution in [0.25, 0.3) is 0 Å². The molecule has 0 saturated carbocycles. The van der Waals surface area contributed by atoms with Crippen LogP contribution in [0.1, 0.15) is 0 Å². The minimum absolute atomic E-state index is 0.309. The van der Waals surface area contributed by atoms with Crippen LogP contribution in [0.5, 0.6) is 0 Å². The van der Waals surface area contributed by atoms with Crippen LogP contribution in [-0.4, -0.2) is 35.5 Å². The molecule has 0 bridgehead atoms. The fourth-order valence-corrected chi connectivity index (χ4v) is 1.57. The van der Waals surface area contributed by atoms with Gasteiger partial charge in [-0.15, -0.1) is 0 Å². The third kappa shape index (κ3) is 2.45. The summed E-state index contributed by atoms with van der Waals surface area (Å²) in [5.41, 5.74) is 0. The lowest BCUT2D eigenvalue weighted by atomic mass is 10.6. The Hall–Kier alpha value is -0.420. The normalized spacial score (nSPS) is 25.8. The van der Waals surface area contributed by atoms with E-state index in [0.717, 1.165) is 12.3 Å². The molecular formula is C5H9NO3S. The fourth-order valence-electron chi connectivity index (χ4n) is 0.739. The Kier molecular flexibility index (Phi) is 2.82. The van der Waals surface area contributed by atoms with Gasteiger partial charge in [0.05, 0.1) is 0 Å². The molecule has 5 heteroatoms. The van der Waals surface area contributed by atoms with E-state index in [-0.39, 0.29) is 6.23 Å². The van der Waals surface area contributed by atoms with Crippen molar-refractivity contribution in [1.29, 1.82) is 0 Å². The maximum absolute atomic E-state index is 10.00. The first-order valence-corrected chi connectivity index (χ1v) is 4.15. The highest BCUT2D eigenvalue weighted by Gasteiger charge is 2.15. The van der Waals surface area contributed by atoms with Crippen LogP contribution >= 0.6 is 11.8 Å². The maximum atomic E-state index is 10.00. The second-order valence-corrected chi connectivity index (χ2v) is 3.05. The van der Waals surface area contributed by atoms with Crippen LogP contribution in [-0.2, 0) is 4.74 Å². The number of carboxylic acid groups (broad SMARTS) is 1. The van der Waals surface area contributed by atoms with Gasteiger partial charge in [-0.3, -0.25) is 5.32 Å². The number of carbonyl (C=O) groups is 1. The Labute approximate surface area is 62.9 Å². The molecule has 0 radical (unpaired) electrons. The molecule has 1 atom stereocenters. The predicted molar refractivity (Wildman–Crippen MR) is 38.2 cm³/mol. The highest BCUT2D eigenvalue weighted by atomic mass is 32.2. The lowest BCUT2D eigenvalue weighted by Crippen LogP contribution is -2.40. The van der Waals surface area contributed by atoms with Crippen molar-refractivity contribution in [3.05, 3.63) is 0 Å². The van der Waals surface area contributed by atoms with Gasteiger partial charge in [-0.2, -0.15) is 11.8 Å². The van der Waals surface area contributed by atoms with Crippen molar-refractivity contribution in [2.45, 2.75) is 6.23 Å². The van der Waals surface area contributed by atoms with Crippen LogP contribution in [0.2, 0.25) is 0 Å². The first-order valence-electron chi connectivity index (χ1n) is 3.00. The Morgan fingerprint density at radius 2 is 2.60 bits per heavy atom. The number of hydrogen-bond acceptors (Lipinski definition) is 4. The van der Waals surface area contributed by atoms with Gasteiger partial charge in [0.25, 0.3) is 0 Å². The molecule has 2 N–H and O–H groups in total. The molecule has 0 aromatic heterocycles. The summed E-state index contributed by atoms with van der Waals surface area (Å²) in [7, 11) is 0. The van der Waals surface area contributed by atoms with E-state index in [2.05, 4.69) is 10.1 Å². The molecule has 0 spiro atoms. The van der Waals surface area contributed by atoms with E-state index in [0.29, 0.717) is 5.75 Å². The molecule has 10 heavy (non-hydrogen) atoms. The van der Waals surface area contributed by atoms with Gasteiger partial charge in [-0.05, 0) is 0 Å². The molecule has 0 aromatic rings. The van der Waals surface area contributed by atoms with E-state index in [1.165, 1.54) is 0 Å². The third-order valence-corrected chi connectivity index (χ3v) is 2.16. The number of thioether (sulfide) groups is 1. The average molecular weight is 163 g/mol. The SMILES string of the molecule is O=C(O)OC1CSCCN1. The van der Waals surface area contributed by atoms with Crippen LogP contribution in [0.15, 0.2) is 0 Å². The highest BCUT2D eigenvalue weighted by Crippen LogP contribution is 2.07. The molecular weight excluding hydrogens is 154 g/mol. The molecule has 1 rings (SSSR count). The van der Waals surface area contributed by atoms with Gasteiger partial charge in [0.2, 0.25) is 0 Å². The number of rotatable bonds is 1.